The van der Waals surface area contributed by atoms with E-state index in [1.807, 2.05) is 0 Å². The van der Waals surface area contributed by atoms with E-state index < -0.39 is 35.9 Å². The van der Waals surface area contributed by atoms with Crippen molar-refractivity contribution in [1.29, 1.82) is 0 Å². The van der Waals surface area contributed by atoms with Gasteiger partial charge in [0, 0.05) is 20.3 Å². The molecule has 2 rings (SSSR count). The van der Waals surface area contributed by atoms with Gasteiger partial charge in [-0.25, -0.2) is 13.4 Å². The second-order valence-corrected chi connectivity index (χ2v) is 4.93. The fourth-order valence-electron chi connectivity index (χ4n) is 2.03. The first-order valence-electron chi connectivity index (χ1n) is 7.06. The van der Waals surface area contributed by atoms with Crippen molar-refractivity contribution in [3.63, 3.8) is 0 Å². The highest BCUT2D eigenvalue weighted by atomic mass is 19.2. The number of aliphatic imine (C=N–C) groups is 1. The van der Waals surface area contributed by atoms with E-state index in [1.54, 1.807) is 30.3 Å². The van der Waals surface area contributed by atoms with Crippen molar-refractivity contribution < 1.29 is 18.4 Å². The molecule has 1 heterocycles. The summed E-state index contributed by atoms with van der Waals surface area (Å²) in [6, 6.07) is 8.62. The molecule has 1 aromatic carbocycles. The van der Waals surface area contributed by atoms with Crippen LogP contribution in [0, 0.1) is 0 Å². The number of benzene rings is 1. The molecule has 0 amide bonds. The Morgan fingerprint density at radius 3 is 2.44 bits per heavy atom. The molecule has 0 unspecified atom stereocenters. The SMILES string of the molecule is Cn1c(O)c(/C(=C/C=Nc2ccccc2)OB(F)F)c(=O)n(C)c1=O. The number of para-hydroxylation sites is 1. The van der Waals surface area contributed by atoms with Gasteiger partial charge in [0.25, 0.3) is 5.56 Å². The van der Waals surface area contributed by atoms with Gasteiger partial charge in [-0.05, 0) is 18.2 Å². The lowest BCUT2D eigenvalue weighted by Crippen LogP contribution is -2.38. The van der Waals surface area contributed by atoms with Gasteiger partial charge in [-0.2, -0.15) is 0 Å². The summed E-state index contributed by atoms with van der Waals surface area (Å²) in [6.07, 6.45) is 2.16. The van der Waals surface area contributed by atoms with Gasteiger partial charge in [0.2, 0.25) is 5.88 Å². The van der Waals surface area contributed by atoms with Gasteiger partial charge in [-0.15, -0.1) is 0 Å². The molecule has 1 N–H and O–H groups in total. The topological polar surface area (TPSA) is 85.8 Å². The lowest BCUT2D eigenvalue weighted by atomic mass is 10.2. The molecule has 0 aliphatic rings. The summed E-state index contributed by atoms with van der Waals surface area (Å²) in [5.41, 5.74) is -1.79. The Labute approximate surface area is 141 Å². The number of hydrogen-bond acceptors (Lipinski definition) is 5. The standard InChI is InChI=1S/C15H14BF2N3O4/c1-20-13(22)12(14(23)21(2)15(20)24)11(25-16(17)18)8-9-19-10-6-4-3-5-7-10/h3-9,22H,1-2H3/b11-8-,19-9?. The number of aromatic hydroxyl groups is 1. The Morgan fingerprint density at radius 1 is 1.20 bits per heavy atom. The van der Waals surface area contributed by atoms with Gasteiger partial charge in [0.1, 0.15) is 11.3 Å². The van der Waals surface area contributed by atoms with E-state index >= 15 is 0 Å². The van der Waals surface area contributed by atoms with Gasteiger partial charge in [0.05, 0.1) is 5.69 Å². The van der Waals surface area contributed by atoms with Crippen molar-refractivity contribution in [2.45, 2.75) is 0 Å². The average Bonchev–Trinajstić information content (AvgIpc) is 2.58. The zero-order chi connectivity index (χ0) is 18.6. The monoisotopic (exact) mass is 349 g/mol. The molecule has 7 nitrogen and oxygen atoms in total. The second-order valence-electron chi connectivity index (χ2n) is 4.93. The highest BCUT2D eigenvalue weighted by Gasteiger charge is 2.26. The van der Waals surface area contributed by atoms with E-state index in [4.69, 9.17) is 0 Å². The van der Waals surface area contributed by atoms with Crippen LogP contribution < -0.4 is 11.2 Å². The van der Waals surface area contributed by atoms with Crippen LogP contribution >= 0.6 is 0 Å². The van der Waals surface area contributed by atoms with Gasteiger partial charge < -0.3 is 9.76 Å². The summed E-state index contributed by atoms with van der Waals surface area (Å²) in [6.45, 7) is 0. The lowest BCUT2D eigenvalue weighted by molar-refractivity contribution is 0.379. The van der Waals surface area contributed by atoms with Crippen LogP contribution in [0.2, 0.25) is 0 Å². The summed E-state index contributed by atoms with van der Waals surface area (Å²) < 4.78 is 31.1. The molecule has 0 bridgehead atoms. The number of rotatable bonds is 5. The Bertz CT molecular complexity index is 936. The predicted octanol–water partition coefficient (Wildman–Crippen LogP) is 1.47. The molecule has 25 heavy (non-hydrogen) atoms. The van der Waals surface area contributed by atoms with Gasteiger partial charge in [-0.3, -0.25) is 18.9 Å². The van der Waals surface area contributed by atoms with Crippen LogP contribution in [0.5, 0.6) is 5.88 Å². The molecular weight excluding hydrogens is 335 g/mol. The third-order valence-corrected chi connectivity index (χ3v) is 3.30. The van der Waals surface area contributed by atoms with Gasteiger partial charge >= 0.3 is 13.2 Å². The van der Waals surface area contributed by atoms with Crippen LogP contribution in [0.15, 0.2) is 51.0 Å². The Kier molecular flexibility index (Phi) is 5.53. The van der Waals surface area contributed by atoms with Crippen molar-refractivity contribution in [3.8, 4) is 5.88 Å². The van der Waals surface area contributed by atoms with Crippen molar-refractivity contribution in [1.82, 2.24) is 9.13 Å². The van der Waals surface area contributed by atoms with E-state index in [0.29, 0.717) is 10.3 Å². The van der Waals surface area contributed by atoms with Crippen LogP contribution in [0.1, 0.15) is 5.56 Å². The Balaban J connectivity index is 2.56. The van der Waals surface area contributed by atoms with E-state index in [2.05, 4.69) is 9.65 Å². The van der Waals surface area contributed by atoms with Gasteiger partial charge in [-0.1, -0.05) is 18.2 Å². The average molecular weight is 349 g/mol. The Morgan fingerprint density at radius 2 is 1.84 bits per heavy atom. The molecule has 0 atom stereocenters. The third kappa shape index (κ3) is 4.03. The molecular formula is C15H14BF2N3O4. The molecule has 0 aliphatic carbocycles. The normalized spacial score (nSPS) is 11.8. The maximum atomic E-state index is 12.7. The number of halogens is 2. The molecule has 0 fully saturated rings. The zero-order valence-electron chi connectivity index (χ0n) is 13.4. The molecule has 130 valence electrons. The quantitative estimate of drug-likeness (QED) is 0.503. The first kappa shape index (κ1) is 18.2. The first-order valence-corrected chi connectivity index (χ1v) is 7.06. The third-order valence-electron chi connectivity index (χ3n) is 3.30. The fraction of sp³-hybridized carbons (Fsp3) is 0.133. The van der Waals surface area contributed by atoms with Crippen molar-refractivity contribution in [2.24, 2.45) is 19.1 Å². The highest BCUT2D eigenvalue weighted by Crippen LogP contribution is 2.22. The molecule has 0 aliphatic heterocycles. The van der Waals surface area contributed by atoms with E-state index in [0.717, 1.165) is 23.9 Å². The smallest absolute Gasteiger partial charge is 0.504 e. The number of aromatic nitrogens is 2. The van der Waals surface area contributed by atoms with Crippen molar-refractivity contribution >= 4 is 25.1 Å². The van der Waals surface area contributed by atoms with Gasteiger partial charge in [0.15, 0.2) is 0 Å². The Hall–Kier alpha value is -3.17. The zero-order valence-corrected chi connectivity index (χ0v) is 13.4. The highest BCUT2D eigenvalue weighted by molar-refractivity contribution is 6.36. The van der Waals surface area contributed by atoms with Crippen LogP contribution in [0.3, 0.4) is 0 Å². The minimum absolute atomic E-state index is 0.549. The van der Waals surface area contributed by atoms with Crippen LogP contribution in [-0.4, -0.2) is 27.9 Å². The summed E-state index contributed by atoms with van der Waals surface area (Å²) >= 11 is 0. The first-order chi connectivity index (χ1) is 11.8. The lowest BCUT2D eigenvalue weighted by Gasteiger charge is -2.12. The molecule has 0 spiro atoms. The van der Waals surface area contributed by atoms with E-state index in [9.17, 15) is 23.3 Å². The molecule has 0 radical (unpaired) electrons. The number of hydrogen-bond donors (Lipinski definition) is 1. The number of allylic oxidation sites excluding steroid dienone is 1. The fourth-order valence-corrected chi connectivity index (χ4v) is 2.03. The number of nitrogens with zero attached hydrogens (tertiary/aromatic N) is 3. The predicted molar refractivity (Wildman–Crippen MR) is 90.2 cm³/mol. The van der Waals surface area contributed by atoms with Crippen LogP contribution in [0.25, 0.3) is 5.76 Å². The minimum Gasteiger partial charge on any atom is -0.504 e. The van der Waals surface area contributed by atoms with E-state index in [-0.39, 0.29) is 0 Å². The van der Waals surface area contributed by atoms with E-state index in [1.165, 1.54) is 7.05 Å². The largest absolute Gasteiger partial charge is 0.796 e. The maximum Gasteiger partial charge on any atom is 0.796 e. The molecule has 0 saturated carbocycles. The summed E-state index contributed by atoms with van der Waals surface area (Å²) in [4.78, 5) is 28.0. The molecule has 0 saturated heterocycles. The molecule has 10 heteroatoms. The summed E-state index contributed by atoms with van der Waals surface area (Å²) in [7, 11) is -0.887. The van der Waals surface area contributed by atoms with Crippen LogP contribution in [0.4, 0.5) is 14.3 Å². The second kappa shape index (κ2) is 7.60. The summed E-state index contributed by atoms with van der Waals surface area (Å²) in [5, 5.41) is 10.0. The maximum absolute atomic E-state index is 12.7. The molecule has 2 aromatic rings. The van der Waals surface area contributed by atoms with Crippen LogP contribution in [-0.2, 0) is 18.7 Å². The summed E-state index contributed by atoms with van der Waals surface area (Å²) in [5.74, 6) is -1.39. The minimum atomic E-state index is -3.24. The molecule has 1 aromatic heterocycles. The van der Waals surface area contributed by atoms with Crippen molar-refractivity contribution in [3.05, 3.63) is 62.8 Å². The van der Waals surface area contributed by atoms with Crippen molar-refractivity contribution in [2.75, 3.05) is 0 Å².